The van der Waals surface area contributed by atoms with Crippen LogP contribution in [0.15, 0.2) is 52.0 Å². The molecule has 6 nitrogen and oxygen atoms in total. The Kier molecular flexibility index (Phi) is 2.14. The van der Waals surface area contributed by atoms with Crippen molar-refractivity contribution >= 4 is 17.5 Å². The van der Waals surface area contributed by atoms with Crippen LogP contribution < -0.4 is 10.6 Å². The van der Waals surface area contributed by atoms with Crippen molar-refractivity contribution in [3.05, 3.63) is 53.3 Å². The van der Waals surface area contributed by atoms with Gasteiger partial charge in [-0.1, -0.05) is 0 Å². The van der Waals surface area contributed by atoms with E-state index in [1.165, 1.54) is 6.26 Å². The number of rotatable bonds is 2. The molecule has 0 aromatic carbocycles. The second-order valence-corrected chi connectivity index (χ2v) is 4.66. The molecule has 0 spiro atoms. The third-order valence-corrected chi connectivity index (χ3v) is 3.49. The topological polar surface area (TPSA) is 80.6 Å². The molecule has 0 saturated carbocycles. The van der Waals surface area contributed by atoms with Crippen molar-refractivity contribution in [3.8, 4) is 0 Å². The molecule has 4 rings (SSSR count). The molecule has 6 heteroatoms. The number of fused-ring (bicyclic) bond motifs is 1. The lowest BCUT2D eigenvalue weighted by Gasteiger charge is -2.12. The lowest BCUT2D eigenvalue weighted by Crippen LogP contribution is -2.27. The molecule has 3 aliphatic heterocycles. The predicted molar refractivity (Wildman–Crippen MR) is 67.6 cm³/mol. The van der Waals surface area contributed by atoms with E-state index in [4.69, 9.17) is 9.15 Å². The van der Waals surface area contributed by atoms with Crippen molar-refractivity contribution in [2.75, 3.05) is 0 Å². The SMILES string of the molecule is O=C1NC(C2CC=CO2)=C2C(=O)NC(c3ccco3)=C12. The van der Waals surface area contributed by atoms with Gasteiger partial charge in [0.05, 0.1) is 35.1 Å². The Balaban J connectivity index is 1.86. The largest absolute Gasteiger partial charge is 0.492 e. The fourth-order valence-electron chi connectivity index (χ4n) is 2.63. The molecule has 1 aromatic rings. The van der Waals surface area contributed by atoms with Crippen LogP contribution in [0.25, 0.3) is 5.70 Å². The fraction of sp³-hybridized carbons (Fsp3) is 0.143. The Bertz CT molecular complexity index is 702. The third kappa shape index (κ3) is 1.38. The van der Waals surface area contributed by atoms with E-state index >= 15 is 0 Å². The Labute approximate surface area is 113 Å². The summed E-state index contributed by atoms with van der Waals surface area (Å²) in [5.74, 6) is -0.157. The Morgan fingerprint density at radius 3 is 2.70 bits per heavy atom. The molecule has 0 fully saturated rings. The lowest BCUT2D eigenvalue weighted by atomic mass is 10.0. The van der Waals surface area contributed by atoms with Gasteiger partial charge in [0.1, 0.15) is 6.10 Å². The highest BCUT2D eigenvalue weighted by Crippen LogP contribution is 2.36. The van der Waals surface area contributed by atoms with Gasteiger partial charge in [0.15, 0.2) is 5.76 Å². The van der Waals surface area contributed by atoms with Crippen molar-refractivity contribution in [2.45, 2.75) is 12.5 Å². The first-order valence-corrected chi connectivity index (χ1v) is 6.21. The van der Waals surface area contributed by atoms with Crippen LogP contribution in [-0.4, -0.2) is 17.9 Å². The van der Waals surface area contributed by atoms with Gasteiger partial charge in [-0.3, -0.25) is 9.59 Å². The molecule has 1 aromatic heterocycles. The third-order valence-electron chi connectivity index (χ3n) is 3.49. The summed E-state index contributed by atoms with van der Waals surface area (Å²) in [7, 11) is 0. The number of hydrogen-bond donors (Lipinski definition) is 2. The molecule has 100 valence electrons. The van der Waals surface area contributed by atoms with Crippen LogP contribution in [0, 0.1) is 0 Å². The molecule has 1 atom stereocenters. The van der Waals surface area contributed by atoms with Gasteiger partial charge in [0.25, 0.3) is 11.8 Å². The van der Waals surface area contributed by atoms with Gasteiger partial charge in [-0.05, 0) is 18.2 Å². The summed E-state index contributed by atoms with van der Waals surface area (Å²) in [6.45, 7) is 0. The molecule has 0 saturated heterocycles. The maximum absolute atomic E-state index is 12.2. The number of carbonyl (C=O) groups excluding carboxylic acids is 2. The Morgan fingerprint density at radius 1 is 1.15 bits per heavy atom. The monoisotopic (exact) mass is 270 g/mol. The van der Waals surface area contributed by atoms with Crippen LogP contribution in [-0.2, 0) is 14.3 Å². The van der Waals surface area contributed by atoms with Crippen molar-refractivity contribution in [1.82, 2.24) is 10.6 Å². The van der Waals surface area contributed by atoms with Crippen LogP contribution in [0.2, 0.25) is 0 Å². The summed E-state index contributed by atoms with van der Waals surface area (Å²) < 4.78 is 10.7. The van der Waals surface area contributed by atoms with E-state index in [2.05, 4.69) is 10.6 Å². The summed E-state index contributed by atoms with van der Waals surface area (Å²) in [6.07, 6.45) is 5.25. The molecule has 3 aliphatic rings. The molecule has 0 radical (unpaired) electrons. The van der Waals surface area contributed by atoms with Gasteiger partial charge in [-0.15, -0.1) is 0 Å². The van der Waals surface area contributed by atoms with Crippen molar-refractivity contribution in [3.63, 3.8) is 0 Å². The summed E-state index contributed by atoms with van der Waals surface area (Å²) in [5.41, 5.74) is 1.62. The average molecular weight is 270 g/mol. The minimum absolute atomic E-state index is 0.310. The smallest absolute Gasteiger partial charge is 0.258 e. The van der Waals surface area contributed by atoms with Gasteiger partial charge in [-0.25, -0.2) is 0 Å². The standard InChI is InChI=1S/C14H10N2O4/c17-13-9-10(12(16-13)8-4-2-6-20-8)14(18)15-11(9)7-3-1-5-19-7/h1-3,5-6,8H,4H2,(H,15,18)(H,16,17). The van der Waals surface area contributed by atoms with E-state index in [9.17, 15) is 9.59 Å². The maximum atomic E-state index is 12.2. The zero-order valence-electron chi connectivity index (χ0n) is 10.3. The van der Waals surface area contributed by atoms with Gasteiger partial charge in [-0.2, -0.15) is 0 Å². The molecule has 4 heterocycles. The lowest BCUT2D eigenvalue weighted by molar-refractivity contribution is -0.117. The highest BCUT2D eigenvalue weighted by atomic mass is 16.5. The first-order valence-electron chi connectivity index (χ1n) is 6.21. The molecule has 1 unspecified atom stereocenters. The van der Waals surface area contributed by atoms with Gasteiger partial charge < -0.3 is 19.8 Å². The molecule has 20 heavy (non-hydrogen) atoms. The summed E-state index contributed by atoms with van der Waals surface area (Å²) in [4.78, 5) is 24.3. The molecule has 0 aliphatic carbocycles. The van der Waals surface area contributed by atoms with E-state index in [-0.39, 0.29) is 17.9 Å². The van der Waals surface area contributed by atoms with Crippen molar-refractivity contribution in [2.24, 2.45) is 0 Å². The van der Waals surface area contributed by atoms with Crippen molar-refractivity contribution in [1.29, 1.82) is 0 Å². The molecular formula is C14H10N2O4. The quantitative estimate of drug-likeness (QED) is 0.833. The minimum atomic E-state index is -0.312. The summed E-state index contributed by atoms with van der Waals surface area (Å²) >= 11 is 0. The fourth-order valence-corrected chi connectivity index (χ4v) is 2.63. The Hall–Kier alpha value is -2.76. The highest BCUT2D eigenvalue weighted by Gasteiger charge is 2.43. The van der Waals surface area contributed by atoms with Crippen molar-refractivity contribution < 1.29 is 18.7 Å². The molecular weight excluding hydrogens is 260 g/mol. The van der Waals surface area contributed by atoms with E-state index < -0.39 is 0 Å². The number of carbonyl (C=O) groups is 2. The van der Waals surface area contributed by atoms with Gasteiger partial charge in [0, 0.05) is 6.42 Å². The number of hydrogen-bond acceptors (Lipinski definition) is 4. The number of ether oxygens (including phenoxy) is 1. The maximum Gasteiger partial charge on any atom is 0.258 e. The van der Waals surface area contributed by atoms with Crippen LogP contribution in [0.3, 0.4) is 0 Å². The highest BCUT2D eigenvalue weighted by molar-refractivity contribution is 6.25. The molecule has 2 N–H and O–H groups in total. The van der Waals surface area contributed by atoms with Crippen LogP contribution in [0.4, 0.5) is 0 Å². The zero-order valence-corrected chi connectivity index (χ0v) is 10.3. The second kappa shape index (κ2) is 3.86. The zero-order chi connectivity index (χ0) is 13.7. The van der Waals surface area contributed by atoms with E-state index in [1.54, 1.807) is 18.4 Å². The van der Waals surface area contributed by atoms with E-state index in [1.807, 2.05) is 6.08 Å². The van der Waals surface area contributed by atoms with Gasteiger partial charge in [0.2, 0.25) is 0 Å². The van der Waals surface area contributed by atoms with Crippen LogP contribution in [0.5, 0.6) is 0 Å². The number of nitrogens with one attached hydrogen (secondary N) is 2. The first-order chi connectivity index (χ1) is 9.75. The molecule has 2 amide bonds. The Morgan fingerprint density at radius 2 is 2.00 bits per heavy atom. The van der Waals surface area contributed by atoms with Crippen LogP contribution in [0.1, 0.15) is 12.2 Å². The number of furan rings is 1. The van der Waals surface area contributed by atoms with E-state index in [0.717, 1.165) is 0 Å². The summed E-state index contributed by atoms with van der Waals surface area (Å²) in [6, 6.07) is 3.40. The summed E-state index contributed by atoms with van der Waals surface area (Å²) in [5, 5.41) is 5.43. The normalized spacial score (nSPS) is 24.1. The first kappa shape index (κ1) is 11.1. The number of amides is 2. The van der Waals surface area contributed by atoms with E-state index in [0.29, 0.717) is 34.7 Å². The van der Waals surface area contributed by atoms with Crippen LogP contribution >= 0.6 is 0 Å². The average Bonchev–Trinajstić information content (AvgIpc) is 3.17. The minimum Gasteiger partial charge on any atom is -0.492 e. The second-order valence-electron chi connectivity index (χ2n) is 4.66. The predicted octanol–water partition coefficient (Wildman–Crippen LogP) is 0.807. The van der Waals surface area contributed by atoms with Gasteiger partial charge >= 0.3 is 0 Å². The molecule has 0 bridgehead atoms.